The van der Waals surface area contributed by atoms with E-state index < -0.39 is 0 Å². The van der Waals surface area contributed by atoms with E-state index in [1.165, 1.54) is 0 Å². The lowest BCUT2D eigenvalue weighted by atomic mass is 10.2. The van der Waals surface area contributed by atoms with Gasteiger partial charge < -0.3 is 4.90 Å². The summed E-state index contributed by atoms with van der Waals surface area (Å²) in [5.74, 6) is 0.0728. The first-order valence-corrected chi connectivity index (χ1v) is 6.83. The van der Waals surface area contributed by atoms with Gasteiger partial charge >= 0.3 is 0 Å². The first kappa shape index (κ1) is 11.1. The van der Waals surface area contributed by atoms with Crippen molar-refractivity contribution in [3.05, 3.63) is 30.1 Å². The van der Waals surface area contributed by atoms with Crippen LogP contribution in [0.5, 0.6) is 0 Å². The summed E-state index contributed by atoms with van der Waals surface area (Å²) < 4.78 is 0. The molecule has 0 bridgehead atoms. The molecule has 0 aromatic carbocycles. The van der Waals surface area contributed by atoms with Crippen molar-refractivity contribution in [2.75, 3.05) is 26.7 Å². The van der Waals surface area contributed by atoms with Gasteiger partial charge in [0.05, 0.1) is 0 Å². The van der Waals surface area contributed by atoms with E-state index >= 15 is 0 Å². The molecule has 0 aliphatic carbocycles. The molecule has 0 aliphatic heterocycles. The third-order valence-electron chi connectivity index (χ3n) is 1.77. The number of carbonyl (C=O) groups excluding carboxylic acids is 1. The van der Waals surface area contributed by atoms with Gasteiger partial charge in [-0.3, -0.25) is 9.78 Å². The SMILES string of the molecule is CN(CP(C)C)C(=O)c1ccncc1. The van der Waals surface area contributed by atoms with Gasteiger partial charge in [-0.2, -0.15) is 0 Å². The van der Waals surface area contributed by atoms with Gasteiger partial charge in [-0.25, -0.2) is 0 Å². The van der Waals surface area contributed by atoms with Gasteiger partial charge in [0.25, 0.3) is 5.91 Å². The second-order valence-electron chi connectivity index (χ2n) is 3.46. The Morgan fingerprint density at radius 3 is 2.50 bits per heavy atom. The lowest BCUT2D eigenvalue weighted by Crippen LogP contribution is -2.26. The minimum atomic E-state index is -0.0732. The number of carbonyl (C=O) groups is 1. The Hall–Kier alpha value is -0.950. The largest absolute Gasteiger partial charge is 0.338 e. The van der Waals surface area contributed by atoms with Crippen molar-refractivity contribution in [2.45, 2.75) is 0 Å². The molecule has 0 saturated heterocycles. The van der Waals surface area contributed by atoms with E-state index in [-0.39, 0.29) is 13.8 Å². The molecule has 14 heavy (non-hydrogen) atoms. The zero-order chi connectivity index (χ0) is 10.6. The summed E-state index contributed by atoms with van der Waals surface area (Å²) in [7, 11) is 1.77. The van der Waals surface area contributed by atoms with Gasteiger partial charge in [-0.15, -0.1) is 0 Å². The topological polar surface area (TPSA) is 33.2 Å². The van der Waals surface area contributed by atoms with Crippen molar-refractivity contribution in [3.8, 4) is 0 Å². The van der Waals surface area contributed by atoms with Gasteiger partial charge in [0.1, 0.15) is 0 Å². The quantitative estimate of drug-likeness (QED) is 0.713. The highest BCUT2D eigenvalue weighted by Crippen LogP contribution is 2.25. The van der Waals surface area contributed by atoms with E-state index in [9.17, 15) is 4.79 Å². The van der Waals surface area contributed by atoms with Crippen LogP contribution in [0.15, 0.2) is 24.5 Å². The maximum atomic E-state index is 11.8. The van der Waals surface area contributed by atoms with E-state index in [4.69, 9.17) is 0 Å². The van der Waals surface area contributed by atoms with Crippen molar-refractivity contribution in [2.24, 2.45) is 0 Å². The van der Waals surface area contributed by atoms with Gasteiger partial charge in [0.15, 0.2) is 0 Å². The fourth-order valence-electron chi connectivity index (χ4n) is 1.20. The van der Waals surface area contributed by atoms with Gasteiger partial charge in [-0.05, 0) is 25.5 Å². The second kappa shape index (κ2) is 5.06. The first-order valence-electron chi connectivity index (χ1n) is 4.41. The second-order valence-corrected chi connectivity index (χ2v) is 5.90. The van der Waals surface area contributed by atoms with E-state index in [0.29, 0.717) is 5.56 Å². The number of amides is 1. The molecular formula is C10H15N2OP. The Bertz CT molecular complexity index is 300. The molecule has 1 aromatic rings. The Morgan fingerprint density at radius 1 is 1.43 bits per heavy atom. The van der Waals surface area contributed by atoms with Crippen LogP contribution in [0.3, 0.4) is 0 Å². The minimum Gasteiger partial charge on any atom is -0.338 e. The normalized spacial score (nSPS) is 10.3. The van der Waals surface area contributed by atoms with Crippen LogP contribution in [0.1, 0.15) is 10.4 Å². The van der Waals surface area contributed by atoms with Gasteiger partial charge in [0, 0.05) is 31.3 Å². The van der Waals surface area contributed by atoms with E-state index in [2.05, 4.69) is 18.3 Å². The number of nitrogens with zero attached hydrogens (tertiary/aromatic N) is 2. The maximum absolute atomic E-state index is 11.8. The average Bonchev–Trinajstić information content (AvgIpc) is 2.17. The maximum Gasteiger partial charge on any atom is 0.254 e. The van der Waals surface area contributed by atoms with Crippen LogP contribution in [0.25, 0.3) is 0 Å². The molecule has 0 saturated carbocycles. The minimum absolute atomic E-state index is 0.0728. The monoisotopic (exact) mass is 210 g/mol. The molecule has 0 N–H and O–H groups in total. The third-order valence-corrected chi connectivity index (χ3v) is 2.76. The Morgan fingerprint density at radius 2 is 2.00 bits per heavy atom. The smallest absolute Gasteiger partial charge is 0.254 e. The van der Waals surface area contributed by atoms with Crippen LogP contribution in [0.4, 0.5) is 0 Å². The van der Waals surface area contributed by atoms with Crippen molar-refractivity contribution in [1.29, 1.82) is 0 Å². The highest BCUT2D eigenvalue weighted by atomic mass is 31.1. The molecule has 0 unspecified atom stereocenters. The lowest BCUT2D eigenvalue weighted by molar-refractivity contribution is 0.0819. The van der Waals surface area contributed by atoms with Crippen molar-refractivity contribution >= 4 is 13.8 Å². The number of aromatic nitrogens is 1. The van der Waals surface area contributed by atoms with Crippen LogP contribution in [0, 0.1) is 0 Å². The van der Waals surface area contributed by atoms with Crippen molar-refractivity contribution in [3.63, 3.8) is 0 Å². The standard InChI is InChI=1S/C10H15N2OP/c1-12(8-14(2)3)10(13)9-4-6-11-7-5-9/h4-7H,8H2,1-3H3. The fraction of sp³-hybridized carbons (Fsp3) is 0.400. The summed E-state index contributed by atoms with van der Waals surface area (Å²) in [6, 6.07) is 3.48. The molecule has 0 atom stereocenters. The summed E-state index contributed by atoms with van der Waals surface area (Å²) in [4.78, 5) is 17.4. The number of rotatable bonds is 3. The van der Waals surface area contributed by atoms with Crippen LogP contribution in [-0.4, -0.2) is 42.5 Å². The fourth-order valence-corrected chi connectivity index (χ4v) is 2.18. The summed E-state index contributed by atoms with van der Waals surface area (Å²) in [5, 5.41) is 0. The molecule has 0 aliphatic rings. The predicted octanol–water partition coefficient (Wildman–Crippen LogP) is 1.85. The number of pyridine rings is 1. The van der Waals surface area contributed by atoms with Crippen LogP contribution < -0.4 is 0 Å². The molecule has 1 heterocycles. The molecule has 1 aromatic heterocycles. The number of hydrogen-bond acceptors (Lipinski definition) is 2. The molecule has 1 amide bonds. The van der Waals surface area contributed by atoms with E-state index in [1.807, 2.05) is 7.05 Å². The zero-order valence-electron chi connectivity index (χ0n) is 8.77. The molecule has 0 fully saturated rings. The average molecular weight is 210 g/mol. The molecule has 4 heteroatoms. The molecule has 3 nitrogen and oxygen atoms in total. The molecular weight excluding hydrogens is 195 g/mol. The van der Waals surface area contributed by atoms with Crippen LogP contribution >= 0.6 is 7.92 Å². The first-order chi connectivity index (χ1) is 6.61. The van der Waals surface area contributed by atoms with Crippen LogP contribution in [0.2, 0.25) is 0 Å². The lowest BCUT2D eigenvalue weighted by Gasteiger charge is -2.19. The Balaban J connectivity index is 2.66. The Kier molecular flexibility index (Phi) is 4.02. The summed E-state index contributed by atoms with van der Waals surface area (Å²) >= 11 is 0. The molecule has 76 valence electrons. The summed E-state index contributed by atoms with van der Waals surface area (Å²) in [6.07, 6.45) is 4.13. The highest BCUT2D eigenvalue weighted by Gasteiger charge is 2.11. The highest BCUT2D eigenvalue weighted by molar-refractivity contribution is 7.55. The number of hydrogen-bond donors (Lipinski definition) is 0. The third kappa shape index (κ3) is 3.08. The molecule has 0 radical (unpaired) electrons. The van der Waals surface area contributed by atoms with Crippen molar-refractivity contribution in [1.82, 2.24) is 9.88 Å². The van der Waals surface area contributed by atoms with E-state index in [0.717, 1.165) is 6.29 Å². The van der Waals surface area contributed by atoms with E-state index in [1.54, 1.807) is 29.4 Å². The molecule has 1 rings (SSSR count). The van der Waals surface area contributed by atoms with Gasteiger partial charge in [0.2, 0.25) is 0 Å². The van der Waals surface area contributed by atoms with Crippen molar-refractivity contribution < 1.29 is 4.79 Å². The summed E-state index contributed by atoms with van der Waals surface area (Å²) in [6.45, 7) is 4.32. The van der Waals surface area contributed by atoms with Gasteiger partial charge in [-0.1, -0.05) is 7.92 Å². The molecule has 0 spiro atoms. The van der Waals surface area contributed by atoms with Crippen LogP contribution in [-0.2, 0) is 0 Å². The Labute approximate surface area is 85.9 Å². The zero-order valence-corrected chi connectivity index (χ0v) is 9.66. The summed E-state index contributed by atoms with van der Waals surface area (Å²) in [5.41, 5.74) is 0.708. The predicted molar refractivity (Wildman–Crippen MR) is 60.0 cm³/mol.